The Morgan fingerprint density at radius 2 is 1.95 bits per heavy atom. The number of aromatic carboxylic acids is 1. The number of nitrogens with zero attached hydrogens (tertiary/aromatic N) is 1. The highest BCUT2D eigenvalue weighted by Gasteiger charge is 2.13. The number of aromatic nitrogens is 1. The number of aliphatic hydroxyl groups is 1. The normalized spacial score (nSPS) is 10.8. The molecule has 0 spiro atoms. The fourth-order valence-corrected chi connectivity index (χ4v) is 2.08. The molecular formula is C14H15NO4. The highest BCUT2D eigenvalue weighted by Crippen LogP contribution is 2.12. The van der Waals surface area contributed by atoms with Crippen LogP contribution in [0.5, 0.6) is 0 Å². The summed E-state index contributed by atoms with van der Waals surface area (Å²) in [6.07, 6.45) is 2.75. The third-order valence-corrected chi connectivity index (χ3v) is 3.03. The summed E-state index contributed by atoms with van der Waals surface area (Å²) < 4.78 is 1.76. The molecule has 1 heterocycles. The quantitative estimate of drug-likeness (QED) is 0.799. The molecule has 0 aliphatic heterocycles. The number of para-hydroxylation sites is 1. The largest absolute Gasteiger partial charge is 0.477 e. The van der Waals surface area contributed by atoms with Gasteiger partial charge in [0.15, 0.2) is 0 Å². The predicted molar refractivity (Wildman–Crippen MR) is 71.5 cm³/mol. The molecule has 2 N–H and O–H groups in total. The SMILES string of the molecule is O=C(O)c1cn(CCCCO)c2ccccc2c1=O. The van der Waals surface area contributed by atoms with E-state index in [0.29, 0.717) is 18.4 Å². The molecular weight excluding hydrogens is 246 g/mol. The molecule has 5 nitrogen and oxygen atoms in total. The summed E-state index contributed by atoms with van der Waals surface area (Å²) in [4.78, 5) is 23.1. The van der Waals surface area contributed by atoms with Crippen LogP contribution in [0.1, 0.15) is 23.2 Å². The number of carboxylic acid groups (broad SMARTS) is 1. The van der Waals surface area contributed by atoms with Crippen LogP contribution in [0.15, 0.2) is 35.3 Å². The lowest BCUT2D eigenvalue weighted by atomic mass is 10.1. The van der Waals surface area contributed by atoms with E-state index >= 15 is 0 Å². The van der Waals surface area contributed by atoms with Gasteiger partial charge in [0.05, 0.1) is 5.52 Å². The Bertz CT molecular complexity index is 660. The molecule has 0 saturated heterocycles. The Kier molecular flexibility index (Phi) is 3.97. The average Bonchev–Trinajstić information content (AvgIpc) is 2.41. The molecule has 0 amide bonds. The number of fused-ring (bicyclic) bond motifs is 1. The zero-order chi connectivity index (χ0) is 13.8. The maximum atomic E-state index is 12.0. The van der Waals surface area contributed by atoms with Crippen molar-refractivity contribution in [3.05, 3.63) is 46.2 Å². The maximum absolute atomic E-state index is 12.0. The van der Waals surface area contributed by atoms with E-state index in [2.05, 4.69) is 0 Å². The summed E-state index contributed by atoms with van der Waals surface area (Å²) in [5.74, 6) is -1.22. The van der Waals surface area contributed by atoms with Gasteiger partial charge < -0.3 is 14.8 Å². The van der Waals surface area contributed by atoms with Crippen LogP contribution in [0.25, 0.3) is 10.9 Å². The minimum atomic E-state index is -1.22. The number of hydrogen-bond acceptors (Lipinski definition) is 3. The molecule has 0 radical (unpaired) electrons. The fourth-order valence-electron chi connectivity index (χ4n) is 2.08. The standard InChI is InChI=1S/C14H15NO4/c16-8-4-3-7-15-9-11(14(18)19)13(17)10-5-1-2-6-12(10)15/h1-2,5-6,9,16H,3-4,7-8H2,(H,18,19). The Labute approximate surface area is 109 Å². The summed E-state index contributed by atoms with van der Waals surface area (Å²) in [7, 11) is 0. The van der Waals surface area contributed by atoms with Gasteiger partial charge in [-0.2, -0.15) is 0 Å². The molecule has 0 saturated carbocycles. The molecule has 2 rings (SSSR count). The Balaban J connectivity index is 2.58. The first kappa shape index (κ1) is 13.3. The summed E-state index contributed by atoms with van der Waals surface area (Å²) in [6, 6.07) is 6.95. The zero-order valence-corrected chi connectivity index (χ0v) is 10.4. The summed E-state index contributed by atoms with van der Waals surface area (Å²) in [5, 5.41) is 18.3. The number of hydrogen-bond donors (Lipinski definition) is 2. The van der Waals surface area contributed by atoms with Crippen molar-refractivity contribution in [2.45, 2.75) is 19.4 Å². The summed E-state index contributed by atoms with van der Waals surface area (Å²) in [5.41, 5.74) is 0.0413. The zero-order valence-electron chi connectivity index (χ0n) is 10.4. The van der Waals surface area contributed by atoms with Crippen molar-refractivity contribution in [1.82, 2.24) is 4.57 Å². The monoisotopic (exact) mass is 261 g/mol. The third kappa shape index (κ3) is 2.66. The van der Waals surface area contributed by atoms with Crippen LogP contribution in [0.2, 0.25) is 0 Å². The van der Waals surface area contributed by atoms with E-state index in [4.69, 9.17) is 10.2 Å². The first-order valence-corrected chi connectivity index (χ1v) is 6.11. The van der Waals surface area contributed by atoms with Crippen LogP contribution in [0.3, 0.4) is 0 Å². The van der Waals surface area contributed by atoms with Crippen molar-refractivity contribution in [1.29, 1.82) is 0 Å². The summed E-state index contributed by atoms with van der Waals surface area (Å²) in [6.45, 7) is 0.672. The van der Waals surface area contributed by atoms with Crippen molar-refractivity contribution in [2.24, 2.45) is 0 Å². The van der Waals surface area contributed by atoms with Crippen molar-refractivity contribution < 1.29 is 15.0 Å². The van der Waals surface area contributed by atoms with Gasteiger partial charge in [-0.1, -0.05) is 12.1 Å². The molecule has 100 valence electrons. The average molecular weight is 261 g/mol. The highest BCUT2D eigenvalue weighted by atomic mass is 16.4. The van der Waals surface area contributed by atoms with E-state index in [0.717, 1.165) is 11.9 Å². The molecule has 0 aliphatic rings. The molecule has 0 aliphatic carbocycles. The predicted octanol–water partition coefficient (Wildman–Crippen LogP) is 1.47. The van der Waals surface area contributed by atoms with Gasteiger partial charge in [0.1, 0.15) is 5.56 Å². The molecule has 5 heteroatoms. The smallest absolute Gasteiger partial charge is 0.341 e. The van der Waals surface area contributed by atoms with Crippen molar-refractivity contribution >= 4 is 16.9 Å². The molecule has 0 unspecified atom stereocenters. The Morgan fingerprint density at radius 1 is 1.21 bits per heavy atom. The molecule has 0 fully saturated rings. The van der Waals surface area contributed by atoms with E-state index in [9.17, 15) is 9.59 Å². The molecule has 1 aromatic carbocycles. The third-order valence-electron chi connectivity index (χ3n) is 3.03. The highest BCUT2D eigenvalue weighted by molar-refractivity contribution is 5.92. The van der Waals surface area contributed by atoms with Crippen molar-refractivity contribution in [3.8, 4) is 0 Å². The fraction of sp³-hybridized carbons (Fsp3) is 0.286. The lowest BCUT2D eigenvalue weighted by Crippen LogP contribution is -2.19. The molecule has 0 atom stereocenters. The van der Waals surface area contributed by atoms with Gasteiger partial charge >= 0.3 is 5.97 Å². The second kappa shape index (κ2) is 5.67. The number of rotatable bonds is 5. The maximum Gasteiger partial charge on any atom is 0.341 e. The van der Waals surface area contributed by atoms with Gasteiger partial charge in [-0.05, 0) is 25.0 Å². The molecule has 19 heavy (non-hydrogen) atoms. The minimum Gasteiger partial charge on any atom is -0.477 e. The molecule has 0 bridgehead atoms. The molecule has 1 aromatic heterocycles. The second-order valence-electron chi connectivity index (χ2n) is 4.32. The number of pyridine rings is 1. The lowest BCUT2D eigenvalue weighted by molar-refractivity contribution is 0.0694. The number of aryl methyl sites for hydroxylation is 1. The van der Waals surface area contributed by atoms with E-state index < -0.39 is 11.4 Å². The van der Waals surface area contributed by atoms with Gasteiger partial charge in [0, 0.05) is 24.7 Å². The molecule has 2 aromatic rings. The van der Waals surface area contributed by atoms with Gasteiger partial charge in [0.25, 0.3) is 0 Å². The second-order valence-corrected chi connectivity index (χ2v) is 4.32. The van der Waals surface area contributed by atoms with Gasteiger partial charge in [-0.3, -0.25) is 4.79 Å². The van der Waals surface area contributed by atoms with Crippen LogP contribution in [-0.4, -0.2) is 27.4 Å². The van der Waals surface area contributed by atoms with Crippen LogP contribution in [-0.2, 0) is 6.54 Å². The first-order valence-electron chi connectivity index (χ1n) is 6.11. The Morgan fingerprint density at radius 3 is 2.63 bits per heavy atom. The van der Waals surface area contributed by atoms with Crippen LogP contribution in [0.4, 0.5) is 0 Å². The van der Waals surface area contributed by atoms with Crippen molar-refractivity contribution in [3.63, 3.8) is 0 Å². The topological polar surface area (TPSA) is 79.5 Å². The number of benzene rings is 1. The Hall–Kier alpha value is -2.14. The minimum absolute atomic E-state index is 0.101. The van der Waals surface area contributed by atoms with E-state index in [1.165, 1.54) is 6.20 Å². The van der Waals surface area contributed by atoms with Crippen LogP contribution in [0, 0.1) is 0 Å². The van der Waals surface area contributed by atoms with Gasteiger partial charge in [0.2, 0.25) is 5.43 Å². The van der Waals surface area contributed by atoms with Crippen LogP contribution >= 0.6 is 0 Å². The number of carbonyl (C=O) groups is 1. The summed E-state index contributed by atoms with van der Waals surface area (Å²) >= 11 is 0. The lowest BCUT2D eigenvalue weighted by Gasteiger charge is -2.11. The van der Waals surface area contributed by atoms with Gasteiger partial charge in [-0.15, -0.1) is 0 Å². The number of aliphatic hydroxyl groups excluding tert-OH is 1. The first-order chi connectivity index (χ1) is 9.15. The van der Waals surface area contributed by atoms with Crippen molar-refractivity contribution in [2.75, 3.05) is 6.61 Å². The van der Waals surface area contributed by atoms with E-state index in [1.54, 1.807) is 22.8 Å². The van der Waals surface area contributed by atoms with E-state index in [-0.39, 0.29) is 12.2 Å². The number of unbranched alkanes of at least 4 members (excludes halogenated alkanes) is 1. The number of carboxylic acids is 1. The van der Waals surface area contributed by atoms with Crippen LogP contribution < -0.4 is 5.43 Å². The van der Waals surface area contributed by atoms with Gasteiger partial charge in [-0.25, -0.2) is 4.79 Å². The van der Waals surface area contributed by atoms with E-state index in [1.807, 2.05) is 6.07 Å².